The summed E-state index contributed by atoms with van der Waals surface area (Å²) in [6.07, 6.45) is 4.27. The molecule has 1 aromatic rings. The number of hydrogen-bond donors (Lipinski definition) is 1. The van der Waals surface area contributed by atoms with Gasteiger partial charge in [0.15, 0.2) is 0 Å². The zero-order valence-corrected chi connectivity index (χ0v) is 7.12. The number of furan rings is 1. The summed E-state index contributed by atoms with van der Waals surface area (Å²) < 4.78 is 5.27. The number of fused-ring (bicyclic) bond motifs is 2. The molecule has 0 saturated heterocycles. The lowest BCUT2D eigenvalue weighted by Gasteiger charge is -2.12. The van der Waals surface area contributed by atoms with E-state index in [4.69, 9.17) is 9.52 Å². The number of hydrogen-bond acceptors (Lipinski definition) is 2. The topological polar surface area (TPSA) is 50.4 Å². The fourth-order valence-corrected chi connectivity index (χ4v) is 2.59. The van der Waals surface area contributed by atoms with Crippen LogP contribution >= 0.6 is 0 Å². The van der Waals surface area contributed by atoms with Gasteiger partial charge in [-0.15, -0.1) is 0 Å². The third kappa shape index (κ3) is 0.723. The first-order valence-electron chi connectivity index (χ1n) is 4.54. The third-order valence-corrected chi connectivity index (χ3v) is 3.43. The molecule has 1 fully saturated rings. The summed E-state index contributed by atoms with van der Waals surface area (Å²) >= 11 is 0. The van der Waals surface area contributed by atoms with Crippen molar-refractivity contribution in [1.29, 1.82) is 0 Å². The van der Waals surface area contributed by atoms with Crippen molar-refractivity contribution in [2.75, 3.05) is 0 Å². The molecule has 0 amide bonds. The molecule has 1 heterocycles. The van der Waals surface area contributed by atoms with Gasteiger partial charge in [-0.05, 0) is 18.9 Å². The van der Waals surface area contributed by atoms with Crippen LogP contribution in [0.5, 0.6) is 0 Å². The number of carboxylic acid groups (broad SMARTS) is 1. The highest BCUT2D eigenvalue weighted by atomic mass is 16.4. The molecule has 0 bridgehead atoms. The van der Waals surface area contributed by atoms with E-state index in [1.54, 1.807) is 6.26 Å². The molecule has 2 aliphatic rings. The molecule has 0 radical (unpaired) electrons. The van der Waals surface area contributed by atoms with Gasteiger partial charge in [-0.25, -0.2) is 0 Å². The van der Waals surface area contributed by atoms with Crippen molar-refractivity contribution in [1.82, 2.24) is 0 Å². The largest absolute Gasteiger partial charge is 0.481 e. The summed E-state index contributed by atoms with van der Waals surface area (Å²) in [4.78, 5) is 11.0. The van der Waals surface area contributed by atoms with Gasteiger partial charge in [-0.3, -0.25) is 4.79 Å². The molecule has 1 aromatic heterocycles. The van der Waals surface area contributed by atoms with Crippen molar-refractivity contribution in [2.45, 2.75) is 24.7 Å². The summed E-state index contributed by atoms with van der Waals surface area (Å²) in [6, 6.07) is 1.94. The molecular formula is C10H10O3. The van der Waals surface area contributed by atoms with Crippen LogP contribution in [0, 0.1) is 5.92 Å². The quantitative estimate of drug-likeness (QED) is 0.710. The Balaban J connectivity index is 2.09. The van der Waals surface area contributed by atoms with Crippen LogP contribution in [-0.4, -0.2) is 11.1 Å². The van der Waals surface area contributed by atoms with Crippen LogP contribution in [0.2, 0.25) is 0 Å². The minimum Gasteiger partial charge on any atom is -0.481 e. The standard InChI is InChI=1S/C10H10O3/c11-9(12)7-5-8-6(1-4-13-8)10(7)2-3-10/h1,4,7H,2-3,5H2,(H,11,12). The smallest absolute Gasteiger partial charge is 0.307 e. The average molecular weight is 178 g/mol. The summed E-state index contributed by atoms with van der Waals surface area (Å²) in [5, 5.41) is 9.04. The summed E-state index contributed by atoms with van der Waals surface area (Å²) in [5.74, 6) is -0.0174. The van der Waals surface area contributed by atoms with Crippen LogP contribution in [0.25, 0.3) is 0 Å². The van der Waals surface area contributed by atoms with Crippen LogP contribution in [-0.2, 0) is 16.6 Å². The molecule has 13 heavy (non-hydrogen) atoms. The molecule has 0 aromatic carbocycles. The maximum absolute atomic E-state index is 11.0. The normalized spacial score (nSPS) is 27.5. The first-order valence-corrected chi connectivity index (χ1v) is 4.54. The van der Waals surface area contributed by atoms with Gasteiger partial charge in [0.1, 0.15) is 5.76 Å². The highest BCUT2D eigenvalue weighted by Gasteiger charge is 2.59. The number of aliphatic carboxylic acids is 1. The summed E-state index contributed by atoms with van der Waals surface area (Å²) in [7, 11) is 0. The fourth-order valence-electron chi connectivity index (χ4n) is 2.59. The monoisotopic (exact) mass is 178 g/mol. The van der Waals surface area contributed by atoms with E-state index in [1.807, 2.05) is 6.07 Å². The predicted molar refractivity (Wildman–Crippen MR) is 44.4 cm³/mol. The second-order valence-electron chi connectivity index (χ2n) is 4.01. The minimum absolute atomic E-state index is 0.0475. The van der Waals surface area contributed by atoms with Crippen molar-refractivity contribution in [2.24, 2.45) is 5.92 Å². The molecular weight excluding hydrogens is 168 g/mol. The van der Waals surface area contributed by atoms with E-state index in [-0.39, 0.29) is 11.3 Å². The molecule has 2 aliphatic carbocycles. The molecule has 3 rings (SSSR count). The second kappa shape index (κ2) is 1.97. The maximum Gasteiger partial charge on any atom is 0.307 e. The van der Waals surface area contributed by atoms with Gasteiger partial charge < -0.3 is 9.52 Å². The lowest BCUT2D eigenvalue weighted by atomic mass is 9.90. The molecule has 68 valence electrons. The second-order valence-corrected chi connectivity index (χ2v) is 4.01. The minimum atomic E-state index is -0.677. The van der Waals surface area contributed by atoms with Crippen LogP contribution < -0.4 is 0 Å². The molecule has 1 saturated carbocycles. The average Bonchev–Trinajstić information content (AvgIpc) is 2.60. The highest BCUT2D eigenvalue weighted by Crippen LogP contribution is 2.60. The molecule has 3 nitrogen and oxygen atoms in total. The summed E-state index contributed by atoms with van der Waals surface area (Å²) in [6.45, 7) is 0. The lowest BCUT2D eigenvalue weighted by molar-refractivity contribution is -0.142. The van der Waals surface area contributed by atoms with Crippen molar-refractivity contribution >= 4 is 5.97 Å². The Morgan fingerprint density at radius 2 is 2.38 bits per heavy atom. The first-order chi connectivity index (χ1) is 6.24. The van der Waals surface area contributed by atoms with Crippen molar-refractivity contribution < 1.29 is 14.3 Å². The Hall–Kier alpha value is -1.25. The van der Waals surface area contributed by atoms with E-state index in [9.17, 15) is 4.79 Å². The highest BCUT2D eigenvalue weighted by molar-refractivity contribution is 5.75. The van der Waals surface area contributed by atoms with Crippen LogP contribution in [0.15, 0.2) is 16.7 Å². The van der Waals surface area contributed by atoms with E-state index < -0.39 is 5.97 Å². The van der Waals surface area contributed by atoms with Crippen LogP contribution in [0.1, 0.15) is 24.2 Å². The van der Waals surface area contributed by atoms with E-state index in [1.165, 1.54) is 0 Å². The maximum atomic E-state index is 11.0. The van der Waals surface area contributed by atoms with Gasteiger partial charge in [0.2, 0.25) is 0 Å². The van der Waals surface area contributed by atoms with Gasteiger partial charge in [-0.1, -0.05) is 0 Å². The Kier molecular flexibility index (Phi) is 1.09. The number of carboxylic acids is 1. The van der Waals surface area contributed by atoms with Crippen molar-refractivity contribution in [3.63, 3.8) is 0 Å². The summed E-state index contributed by atoms with van der Waals surface area (Å²) in [5.41, 5.74) is 1.11. The molecule has 0 aliphatic heterocycles. The van der Waals surface area contributed by atoms with Gasteiger partial charge >= 0.3 is 5.97 Å². The predicted octanol–water partition coefficient (Wildman–Crippen LogP) is 1.57. The molecule has 1 unspecified atom stereocenters. The SMILES string of the molecule is O=C(O)C1Cc2occc2C12CC2. The Morgan fingerprint density at radius 3 is 3.00 bits per heavy atom. The van der Waals surface area contributed by atoms with Gasteiger partial charge in [0.05, 0.1) is 12.2 Å². The molecule has 3 heteroatoms. The fraction of sp³-hybridized carbons (Fsp3) is 0.500. The van der Waals surface area contributed by atoms with Crippen molar-refractivity contribution in [3.8, 4) is 0 Å². The zero-order valence-electron chi connectivity index (χ0n) is 7.12. The Labute approximate surface area is 75.4 Å². The zero-order chi connectivity index (χ0) is 9.05. The van der Waals surface area contributed by atoms with Gasteiger partial charge in [0.25, 0.3) is 0 Å². The number of rotatable bonds is 1. The van der Waals surface area contributed by atoms with Crippen molar-refractivity contribution in [3.05, 3.63) is 23.7 Å². The lowest BCUT2D eigenvalue weighted by Crippen LogP contribution is -2.24. The Bertz CT molecular complexity index is 373. The Morgan fingerprint density at radius 1 is 1.62 bits per heavy atom. The van der Waals surface area contributed by atoms with E-state index in [0.717, 1.165) is 24.2 Å². The van der Waals surface area contributed by atoms with Gasteiger partial charge in [0, 0.05) is 17.4 Å². The molecule has 1 spiro atoms. The van der Waals surface area contributed by atoms with Gasteiger partial charge in [-0.2, -0.15) is 0 Å². The van der Waals surface area contributed by atoms with Crippen LogP contribution in [0.3, 0.4) is 0 Å². The molecule has 1 atom stereocenters. The first kappa shape index (κ1) is 7.18. The van der Waals surface area contributed by atoms with E-state index >= 15 is 0 Å². The third-order valence-electron chi connectivity index (χ3n) is 3.43. The van der Waals surface area contributed by atoms with E-state index in [2.05, 4.69) is 0 Å². The number of carbonyl (C=O) groups is 1. The van der Waals surface area contributed by atoms with Crippen LogP contribution in [0.4, 0.5) is 0 Å². The molecule has 1 N–H and O–H groups in total. The van der Waals surface area contributed by atoms with E-state index in [0.29, 0.717) is 6.42 Å².